The van der Waals surface area contributed by atoms with E-state index in [4.69, 9.17) is 33.8 Å². The van der Waals surface area contributed by atoms with Crippen molar-refractivity contribution in [2.75, 3.05) is 5.32 Å². The molecule has 0 saturated heterocycles. The van der Waals surface area contributed by atoms with Crippen LogP contribution in [-0.4, -0.2) is 17.9 Å². The predicted octanol–water partition coefficient (Wildman–Crippen LogP) is 3.00. The number of hydrazine groups is 1. The van der Waals surface area contributed by atoms with Crippen LogP contribution < -0.4 is 21.3 Å². The third kappa shape index (κ3) is 4.61. The van der Waals surface area contributed by atoms with Crippen molar-refractivity contribution >= 4 is 40.7 Å². The minimum atomic E-state index is -0.750. The molecule has 0 fully saturated rings. The second-order valence-electron chi connectivity index (χ2n) is 4.87. The van der Waals surface area contributed by atoms with Gasteiger partial charge in [-0.1, -0.05) is 23.2 Å². The first-order valence-electron chi connectivity index (χ1n) is 6.94. The molecular weight excluding hydrogens is 353 g/mol. The standard InChI is InChI=1S/C16H15Cl2N3O3/c1-9(15(22)21-19)24-12-5-2-10(3-6-12)16(23)20-14-8-11(17)4-7-13(14)18/h2-9H,19H2,1H3,(H,20,23)(H,21,22)/t9-/m1/s1. The number of ether oxygens (including phenoxy) is 1. The van der Waals surface area contributed by atoms with Gasteiger partial charge in [0, 0.05) is 10.6 Å². The first-order valence-corrected chi connectivity index (χ1v) is 7.70. The van der Waals surface area contributed by atoms with Crippen molar-refractivity contribution in [3.8, 4) is 5.75 Å². The fraction of sp³-hybridized carbons (Fsp3) is 0.125. The monoisotopic (exact) mass is 367 g/mol. The Morgan fingerprint density at radius 3 is 2.42 bits per heavy atom. The van der Waals surface area contributed by atoms with Crippen LogP contribution in [0.3, 0.4) is 0 Å². The van der Waals surface area contributed by atoms with Crippen LogP contribution in [0.2, 0.25) is 10.0 Å². The smallest absolute Gasteiger partial charge is 0.274 e. The number of carbonyl (C=O) groups is 2. The van der Waals surface area contributed by atoms with E-state index in [-0.39, 0.29) is 5.91 Å². The Kier molecular flexibility index (Phi) is 6.03. The van der Waals surface area contributed by atoms with Crippen molar-refractivity contribution in [1.29, 1.82) is 0 Å². The molecule has 2 aromatic rings. The summed E-state index contributed by atoms with van der Waals surface area (Å²) < 4.78 is 5.39. The molecule has 0 saturated carbocycles. The Hall–Kier alpha value is -2.28. The van der Waals surface area contributed by atoms with E-state index in [0.717, 1.165) is 0 Å². The molecule has 0 spiro atoms. The number of anilines is 1. The number of rotatable bonds is 5. The lowest BCUT2D eigenvalue weighted by Crippen LogP contribution is -2.40. The molecule has 126 valence electrons. The molecule has 0 aliphatic rings. The Labute approximate surface area is 148 Å². The van der Waals surface area contributed by atoms with Crippen molar-refractivity contribution in [1.82, 2.24) is 5.43 Å². The van der Waals surface area contributed by atoms with Crippen LogP contribution in [0, 0.1) is 0 Å². The highest BCUT2D eigenvalue weighted by Gasteiger charge is 2.14. The normalized spacial score (nSPS) is 11.5. The zero-order chi connectivity index (χ0) is 17.7. The van der Waals surface area contributed by atoms with Crippen LogP contribution in [0.1, 0.15) is 17.3 Å². The first kappa shape index (κ1) is 18.1. The summed E-state index contributed by atoms with van der Waals surface area (Å²) in [5.74, 6) is 4.67. The molecule has 0 bridgehead atoms. The molecule has 0 radical (unpaired) electrons. The Morgan fingerprint density at radius 2 is 1.79 bits per heavy atom. The summed E-state index contributed by atoms with van der Waals surface area (Å²) >= 11 is 11.9. The number of halogens is 2. The molecule has 0 aliphatic heterocycles. The minimum absolute atomic E-state index is 0.349. The van der Waals surface area contributed by atoms with Gasteiger partial charge in [0.1, 0.15) is 5.75 Å². The van der Waals surface area contributed by atoms with E-state index < -0.39 is 12.0 Å². The molecule has 0 aromatic heterocycles. The van der Waals surface area contributed by atoms with Gasteiger partial charge in [0.15, 0.2) is 6.10 Å². The molecule has 6 nitrogen and oxygen atoms in total. The lowest BCUT2D eigenvalue weighted by molar-refractivity contribution is -0.127. The molecule has 0 aliphatic carbocycles. The number of nitrogens with one attached hydrogen (secondary N) is 2. The Bertz CT molecular complexity index is 751. The van der Waals surface area contributed by atoms with Gasteiger partial charge in [-0.25, -0.2) is 5.84 Å². The molecule has 0 unspecified atom stereocenters. The van der Waals surface area contributed by atoms with Gasteiger partial charge in [0.25, 0.3) is 11.8 Å². The number of hydrogen-bond acceptors (Lipinski definition) is 4. The van der Waals surface area contributed by atoms with Crippen molar-refractivity contribution in [3.63, 3.8) is 0 Å². The summed E-state index contributed by atoms with van der Waals surface area (Å²) in [5.41, 5.74) is 2.82. The van der Waals surface area contributed by atoms with E-state index in [9.17, 15) is 9.59 Å². The van der Waals surface area contributed by atoms with Crippen LogP contribution in [-0.2, 0) is 4.79 Å². The predicted molar refractivity (Wildman–Crippen MR) is 93.3 cm³/mol. The molecular formula is C16H15Cl2N3O3. The molecule has 4 N–H and O–H groups in total. The molecule has 2 rings (SSSR count). The topological polar surface area (TPSA) is 93.4 Å². The maximum Gasteiger partial charge on any atom is 0.274 e. The van der Waals surface area contributed by atoms with Crippen LogP contribution in [0.15, 0.2) is 42.5 Å². The number of nitrogens with two attached hydrogens (primary N) is 1. The van der Waals surface area contributed by atoms with E-state index in [2.05, 4.69) is 5.32 Å². The number of carbonyl (C=O) groups excluding carboxylic acids is 2. The van der Waals surface area contributed by atoms with Crippen LogP contribution in [0.4, 0.5) is 5.69 Å². The molecule has 2 amide bonds. The third-order valence-electron chi connectivity index (χ3n) is 3.12. The molecule has 24 heavy (non-hydrogen) atoms. The van der Waals surface area contributed by atoms with Crippen LogP contribution in [0.25, 0.3) is 0 Å². The van der Waals surface area contributed by atoms with Crippen molar-refractivity contribution in [2.24, 2.45) is 5.84 Å². The van der Waals surface area contributed by atoms with Crippen molar-refractivity contribution in [3.05, 3.63) is 58.1 Å². The summed E-state index contributed by atoms with van der Waals surface area (Å²) in [7, 11) is 0. The fourth-order valence-corrected chi connectivity index (χ4v) is 2.18. The summed E-state index contributed by atoms with van der Waals surface area (Å²) in [6, 6.07) is 11.1. The SMILES string of the molecule is C[C@@H](Oc1ccc(C(=O)Nc2cc(Cl)ccc2Cl)cc1)C(=O)NN. The zero-order valence-electron chi connectivity index (χ0n) is 12.7. The number of benzene rings is 2. The highest BCUT2D eigenvalue weighted by atomic mass is 35.5. The molecule has 2 aromatic carbocycles. The average molecular weight is 368 g/mol. The Balaban J connectivity index is 2.06. The molecule has 1 atom stereocenters. The van der Waals surface area contributed by atoms with Gasteiger partial charge in [-0.2, -0.15) is 0 Å². The third-order valence-corrected chi connectivity index (χ3v) is 3.68. The zero-order valence-corrected chi connectivity index (χ0v) is 14.2. The lowest BCUT2D eigenvalue weighted by atomic mass is 10.2. The fourth-order valence-electron chi connectivity index (χ4n) is 1.85. The van der Waals surface area contributed by atoms with Gasteiger partial charge in [0.05, 0.1) is 10.7 Å². The van der Waals surface area contributed by atoms with E-state index in [1.54, 1.807) is 49.4 Å². The minimum Gasteiger partial charge on any atom is -0.481 e. The summed E-state index contributed by atoms with van der Waals surface area (Å²) in [5, 5.41) is 3.53. The largest absolute Gasteiger partial charge is 0.481 e. The van der Waals surface area contributed by atoms with Gasteiger partial charge < -0.3 is 10.1 Å². The van der Waals surface area contributed by atoms with Gasteiger partial charge in [0.2, 0.25) is 0 Å². The number of amides is 2. The van der Waals surface area contributed by atoms with E-state index in [1.807, 2.05) is 5.43 Å². The maximum atomic E-state index is 12.2. The second kappa shape index (κ2) is 8.01. The lowest BCUT2D eigenvalue weighted by Gasteiger charge is -2.13. The highest BCUT2D eigenvalue weighted by molar-refractivity contribution is 6.35. The van der Waals surface area contributed by atoms with Crippen molar-refractivity contribution < 1.29 is 14.3 Å². The van der Waals surface area contributed by atoms with Gasteiger partial charge in [-0.05, 0) is 49.4 Å². The molecule has 0 heterocycles. The van der Waals surface area contributed by atoms with E-state index >= 15 is 0 Å². The summed E-state index contributed by atoms with van der Waals surface area (Å²) in [6.45, 7) is 1.56. The van der Waals surface area contributed by atoms with E-state index in [0.29, 0.717) is 27.0 Å². The van der Waals surface area contributed by atoms with Crippen LogP contribution >= 0.6 is 23.2 Å². The highest BCUT2D eigenvalue weighted by Crippen LogP contribution is 2.26. The van der Waals surface area contributed by atoms with Gasteiger partial charge in [-0.3, -0.25) is 15.0 Å². The quantitative estimate of drug-likeness (QED) is 0.430. The maximum absolute atomic E-state index is 12.2. The Morgan fingerprint density at radius 1 is 1.12 bits per heavy atom. The summed E-state index contributed by atoms with van der Waals surface area (Å²) in [4.78, 5) is 23.5. The first-order chi connectivity index (χ1) is 11.4. The van der Waals surface area contributed by atoms with Crippen molar-refractivity contribution in [2.45, 2.75) is 13.0 Å². The van der Waals surface area contributed by atoms with Crippen LogP contribution in [0.5, 0.6) is 5.75 Å². The molecule has 8 heteroatoms. The second-order valence-corrected chi connectivity index (χ2v) is 5.71. The summed E-state index contributed by atoms with van der Waals surface area (Å²) in [6.07, 6.45) is -0.750. The van der Waals surface area contributed by atoms with E-state index in [1.165, 1.54) is 0 Å². The number of hydrogen-bond donors (Lipinski definition) is 3. The average Bonchev–Trinajstić information content (AvgIpc) is 2.57. The van der Waals surface area contributed by atoms with Gasteiger partial charge >= 0.3 is 0 Å². The van der Waals surface area contributed by atoms with Gasteiger partial charge in [-0.15, -0.1) is 0 Å².